The molecule has 0 fully saturated rings. The van der Waals surface area contributed by atoms with E-state index in [9.17, 15) is 4.79 Å². The zero-order valence-corrected chi connectivity index (χ0v) is 13.2. The Labute approximate surface area is 126 Å². The highest BCUT2D eigenvalue weighted by molar-refractivity contribution is 6.38. The van der Waals surface area contributed by atoms with E-state index >= 15 is 0 Å². The Morgan fingerprint density at radius 1 is 1.33 bits per heavy atom. The maximum Gasteiger partial charge on any atom is 0.251 e. The van der Waals surface area contributed by atoms with Crippen molar-refractivity contribution in [1.82, 2.24) is 4.57 Å². The molecule has 1 atom stereocenters. The fourth-order valence-corrected chi connectivity index (χ4v) is 2.49. The summed E-state index contributed by atoms with van der Waals surface area (Å²) in [6.07, 6.45) is 0.974. The number of benzene rings is 1. The van der Waals surface area contributed by atoms with Crippen LogP contribution in [0.25, 0.3) is 10.9 Å². The Balaban J connectivity index is 2.48. The molecule has 1 unspecified atom stereocenters. The van der Waals surface area contributed by atoms with Gasteiger partial charge in [0.2, 0.25) is 0 Å². The second-order valence-electron chi connectivity index (χ2n) is 5.34. The lowest BCUT2D eigenvalue weighted by molar-refractivity contribution is 0.0550. The summed E-state index contributed by atoms with van der Waals surface area (Å²) >= 11 is 0. The minimum Gasteiger partial charge on any atom is -0.497 e. The van der Waals surface area contributed by atoms with Gasteiger partial charge in [0, 0.05) is 18.7 Å². The fourth-order valence-electron chi connectivity index (χ4n) is 2.49. The van der Waals surface area contributed by atoms with E-state index in [-0.39, 0.29) is 11.7 Å². The number of aromatic nitrogens is 1. The van der Waals surface area contributed by atoms with Gasteiger partial charge in [-0.2, -0.15) is 0 Å². The van der Waals surface area contributed by atoms with Crippen LogP contribution in [0, 0.1) is 0 Å². The molecule has 0 N–H and O–H groups in total. The number of methoxy groups -OCH3 is 1. The fraction of sp³-hybridized carbons (Fsp3) is 0.438. The molecule has 4 nitrogen and oxygen atoms in total. The average Bonchev–Trinajstić information content (AvgIpc) is 2.47. The van der Waals surface area contributed by atoms with E-state index < -0.39 is 0 Å². The van der Waals surface area contributed by atoms with Gasteiger partial charge in [0.1, 0.15) is 13.6 Å². The van der Waals surface area contributed by atoms with Crippen molar-refractivity contribution in [3.63, 3.8) is 0 Å². The normalized spacial score (nSPS) is 12.5. The molecule has 0 radical (unpaired) electrons. The van der Waals surface area contributed by atoms with Crippen molar-refractivity contribution in [1.29, 1.82) is 0 Å². The van der Waals surface area contributed by atoms with Crippen molar-refractivity contribution in [2.75, 3.05) is 13.7 Å². The van der Waals surface area contributed by atoms with Crippen molar-refractivity contribution in [3.05, 3.63) is 34.6 Å². The molecule has 5 heteroatoms. The molecule has 0 aliphatic heterocycles. The van der Waals surface area contributed by atoms with Gasteiger partial charge >= 0.3 is 0 Å². The van der Waals surface area contributed by atoms with E-state index in [1.165, 1.54) is 0 Å². The number of ether oxygens (including phenoxy) is 2. The van der Waals surface area contributed by atoms with Gasteiger partial charge in [-0.05, 0) is 30.9 Å². The molecule has 112 valence electrons. The van der Waals surface area contributed by atoms with Gasteiger partial charge in [-0.25, -0.2) is 0 Å². The van der Waals surface area contributed by atoms with Crippen molar-refractivity contribution in [2.24, 2.45) is 0 Å². The first-order valence-electron chi connectivity index (χ1n) is 7.36. The Hall–Kier alpha value is -1.75. The van der Waals surface area contributed by atoms with E-state index in [1.54, 1.807) is 17.7 Å². The third kappa shape index (κ3) is 3.48. The zero-order valence-electron chi connectivity index (χ0n) is 13.2. The third-order valence-corrected chi connectivity index (χ3v) is 3.57. The van der Waals surface area contributed by atoms with Crippen LogP contribution in [0.3, 0.4) is 0 Å². The monoisotopic (exact) mass is 287 g/mol. The molecule has 0 saturated carbocycles. The highest BCUT2D eigenvalue weighted by Gasteiger charge is 2.10. The number of rotatable bonds is 6. The summed E-state index contributed by atoms with van der Waals surface area (Å²) in [5.74, 6) is 0.765. The largest absolute Gasteiger partial charge is 0.497 e. The Bertz CT molecular complexity index is 681. The minimum atomic E-state index is -0.0119. The molecule has 1 aromatic carbocycles. The van der Waals surface area contributed by atoms with E-state index in [2.05, 4.69) is 6.92 Å². The molecule has 0 amide bonds. The lowest BCUT2D eigenvalue weighted by Crippen LogP contribution is -2.27. The van der Waals surface area contributed by atoms with Gasteiger partial charge < -0.3 is 14.0 Å². The Kier molecular flexibility index (Phi) is 5.07. The van der Waals surface area contributed by atoms with Crippen molar-refractivity contribution in [2.45, 2.75) is 32.9 Å². The van der Waals surface area contributed by atoms with Crippen LogP contribution in [-0.4, -0.2) is 32.2 Å². The van der Waals surface area contributed by atoms with Gasteiger partial charge in [0.15, 0.2) is 0 Å². The lowest BCUT2D eigenvalue weighted by atomic mass is 9.91. The molecular formula is C16H22BNO3. The van der Waals surface area contributed by atoms with Crippen LogP contribution in [0.2, 0.25) is 0 Å². The van der Waals surface area contributed by atoms with E-state index in [0.717, 1.165) is 28.5 Å². The number of nitrogens with zero attached hydrogens (tertiary/aromatic N) is 1. The quantitative estimate of drug-likeness (QED) is 0.747. The van der Waals surface area contributed by atoms with Crippen LogP contribution < -0.4 is 15.8 Å². The average molecular weight is 287 g/mol. The van der Waals surface area contributed by atoms with Crippen LogP contribution in [0.1, 0.15) is 20.3 Å². The topological polar surface area (TPSA) is 40.5 Å². The third-order valence-electron chi connectivity index (χ3n) is 3.57. The molecule has 0 spiro atoms. The summed E-state index contributed by atoms with van der Waals surface area (Å²) in [7, 11) is 3.66. The zero-order chi connectivity index (χ0) is 15.4. The van der Waals surface area contributed by atoms with Crippen molar-refractivity contribution >= 4 is 24.2 Å². The lowest BCUT2D eigenvalue weighted by Gasteiger charge is -2.17. The van der Waals surface area contributed by atoms with Crippen molar-refractivity contribution in [3.8, 4) is 5.75 Å². The van der Waals surface area contributed by atoms with Gasteiger partial charge in [0.25, 0.3) is 5.56 Å². The Morgan fingerprint density at radius 3 is 2.76 bits per heavy atom. The van der Waals surface area contributed by atoms with Gasteiger partial charge in [0.05, 0.1) is 25.3 Å². The predicted molar refractivity (Wildman–Crippen MR) is 88.6 cm³/mol. The molecule has 0 aliphatic carbocycles. The summed E-state index contributed by atoms with van der Waals surface area (Å²) in [5.41, 5.74) is 1.98. The summed E-state index contributed by atoms with van der Waals surface area (Å²) in [5, 5.41) is 1.07. The standard InChI is InChI=1S/C16H22BNO3/c1-4-7-21-11(2)10-18-15-9-12(20-3)8-14(17)13(15)5-6-16(18)19/h5-6,8-9,11H,4,7,10,17H2,1-3H3. The summed E-state index contributed by atoms with van der Waals surface area (Å²) in [4.78, 5) is 12.2. The molecule has 0 saturated heterocycles. The molecule has 2 aromatic rings. The molecular weight excluding hydrogens is 265 g/mol. The van der Waals surface area contributed by atoms with Crippen LogP contribution in [-0.2, 0) is 11.3 Å². The van der Waals surface area contributed by atoms with E-state index in [0.29, 0.717) is 13.2 Å². The second kappa shape index (κ2) is 6.81. The first-order valence-corrected chi connectivity index (χ1v) is 7.36. The number of hydrogen-bond acceptors (Lipinski definition) is 3. The van der Waals surface area contributed by atoms with Crippen LogP contribution in [0.4, 0.5) is 0 Å². The summed E-state index contributed by atoms with van der Waals surface area (Å²) in [6, 6.07) is 7.39. The first kappa shape index (κ1) is 15.6. The second-order valence-corrected chi connectivity index (χ2v) is 5.34. The molecule has 0 aliphatic rings. The van der Waals surface area contributed by atoms with Crippen LogP contribution in [0.15, 0.2) is 29.1 Å². The minimum absolute atomic E-state index is 0.000225. The number of hydrogen-bond donors (Lipinski definition) is 0. The van der Waals surface area contributed by atoms with Crippen LogP contribution >= 0.6 is 0 Å². The number of fused-ring (bicyclic) bond motifs is 1. The molecule has 21 heavy (non-hydrogen) atoms. The van der Waals surface area contributed by atoms with Crippen molar-refractivity contribution < 1.29 is 9.47 Å². The Morgan fingerprint density at radius 2 is 2.10 bits per heavy atom. The molecule has 1 heterocycles. The highest BCUT2D eigenvalue weighted by Crippen LogP contribution is 2.17. The van der Waals surface area contributed by atoms with Crippen LogP contribution in [0.5, 0.6) is 5.75 Å². The maximum atomic E-state index is 12.2. The summed E-state index contributed by atoms with van der Waals surface area (Å²) < 4.78 is 12.8. The van der Waals surface area contributed by atoms with E-state index in [4.69, 9.17) is 9.47 Å². The molecule has 0 bridgehead atoms. The van der Waals surface area contributed by atoms with Gasteiger partial charge in [-0.1, -0.05) is 12.4 Å². The molecule has 2 rings (SSSR count). The number of pyridine rings is 1. The van der Waals surface area contributed by atoms with Gasteiger partial charge in [-0.15, -0.1) is 0 Å². The maximum absolute atomic E-state index is 12.2. The SMILES string of the molecule is Bc1cc(OC)cc2c1ccc(=O)n2CC(C)OCCC. The predicted octanol–water partition coefficient (Wildman–Crippen LogP) is 1.08. The first-order chi connectivity index (χ1) is 10.1. The van der Waals surface area contributed by atoms with Gasteiger partial charge in [-0.3, -0.25) is 4.79 Å². The smallest absolute Gasteiger partial charge is 0.251 e. The molecule has 1 aromatic heterocycles. The highest BCUT2D eigenvalue weighted by atomic mass is 16.5. The summed E-state index contributed by atoms with van der Waals surface area (Å²) in [6.45, 7) is 5.32. The van der Waals surface area contributed by atoms with E-state index in [1.807, 2.05) is 33.0 Å².